The van der Waals surface area contributed by atoms with Crippen molar-refractivity contribution in [2.24, 2.45) is 14.1 Å². The van der Waals surface area contributed by atoms with Crippen molar-refractivity contribution in [2.75, 3.05) is 19.5 Å². The van der Waals surface area contributed by atoms with E-state index in [1.165, 1.54) is 14.1 Å². The highest BCUT2D eigenvalue weighted by Gasteiger charge is 2.29. The lowest BCUT2D eigenvalue weighted by Gasteiger charge is -2.13. The third kappa shape index (κ3) is 4.50. The molecule has 1 aliphatic carbocycles. The summed E-state index contributed by atoms with van der Waals surface area (Å²) in [5.41, 5.74) is 8.32. The van der Waals surface area contributed by atoms with E-state index >= 15 is 0 Å². The number of benzene rings is 2. The number of nitrogen functional groups attached to an aromatic ring is 1. The highest BCUT2D eigenvalue weighted by Crippen LogP contribution is 2.38. The minimum absolute atomic E-state index is 0.285. The van der Waals surface area contributed by atoms with Crippen LogP contribution in [0.2, 0.25) is 0 Å². The molecule has 198 valence electrons. The fourth-order valence-corrected chi connectivity index (χ4v) is 4.81. The smallest absolute Gasteiger partial charge is 0.339 e. The Morgan fingerprint density at radius 2 is 1.72 bits per heavy atom. The molecule has 2 aromatic heterocycles. The second-order valence-electron chi connectivity index (χ2n) is 9.24. The Balaban J connectivity index is 1.50. The van der Waals surface area contributed by atoms with E-state index in [4.69, 9.17) is 20.2 Å². The number of para-hydroxylation sites is 1. The molecule has 5 rings (SSSR count). The molecule has 4 aromatic rings. The average Bonchev–Trinajstić information content (AvgIpc) is 3.34. The van der Waals surface area contributed by atoms with Crippen LogP contribution in [-0.2, 0) is 25.3 Å². The van der Waals surface area contributed by atoms with Crippen LogP contribution in [0.15, 0.2) is 58.1 Å². The molecule has 0 radical (unpaired) electrons. The molecular weight excluding hydrogens is 500 g/mol. The Hall–Kier alpha value is -4.99. The number of aromatic nitrogens is 3. The van der Waals surface area contributed by atoms with E-state index in [2.05, 4.69) is 0 Å². The zero-order chi connectivity index (χ0) is 27.8. The van der Waals surface area contributed by atoms with Gasteiger partial charge in [0, 0.05) is 19.5 Å². The number of nitrogens with two attached hydrogens (primary N) is 1. The summed E-state index contributed by atoms with van der Waals surface area (Å²) < 4.78 is 12.5. The summed E-state index contributed by atoms with van der Waals surface area (Å²) in [5, 5.41) is 0.608. The van der Waals surface area contributed by atoms with Crippen molar-refractivity contribution < 1.29 is 19.1 Å². The Morgan fingerprint density at radius 3 is 2.44 bits per heavy atom. The number of nitrogens with zero attached hydrogens (tertiary/aromatic N) is 3. The quantitative estimate of drug-likeness (QED) is 0.299. The summed E-state index contributed by atoms with van der Waals surface area (Å²) in [5.74, 6) is -1.03. The van der Waals surface area contributed by atoms with Crippen molar-refractivity contribution in [3.63, 3.8) is 0 Å². The lowest BCUT2D eigenvalue weighted by Crippen LogP contribution is -2.42. The molecule has 10 nitrogen and oxygen atoms in total. The number of ketones is 1. The first-order chi connectivity index (χ1) is 18.7. The van der Waals surface area contributed by atoms with Gasteiger partial charge in [0.05, 0.1) is 23.9 Å². The van der Waals surface area contributed by atoms with Gasteiger partial charge in [-0.15, -0.1) is 0 Å². The number of pyridine rings is 1. The zero-order valence-corrected chi connectivity index (χ0v) is 21.7. The topological polar surface area (TPSA) is 136 Å². The molecule has 0 atom stereocenters. The Labute approximate surface area is 222 Å². The van der Waals surface area contributed by atoms with Crippen LogP contribution in [0.1, 0.15) is 44.0 Å². The van der Waals surface area contributed by atoms with Crippen LogP contribution >= 0.6 is 0 Å². The van der Waals surface area contributed by atoms with E-state index in [1.54, 1.807) is 19.2 Å². The van der Waals surface area contributed by atoms with Crippen LogP contribution in [0.25, 0.3) is 22.6 Å². The molecule has 2 N–H and O–H groups in total. The number of Topliss-reactive ketones (excluding diaryl/α,β-unsaturated/α-hetero) is 1. The molecule has 0 unspecified atom stereocenters. The second kappa shape index (κ2) is 10.1. The number of ether oxygens (including phenoxy) is 2. The fraction of sp³-hybridized carbons (Fsp3) is 0.207. The lowest BCUT2D eigenvalue weighted by atomic mass is 10.0. The van der Waals surface area contributed by atoms with Crippen LogP contribution in [0.5, 0.6) is 5.75 Å². The summed E-state index contributed by atoms with van der Waals surface area (Å²) in [6.45, 7) is -0.712. The molecule has 0 saturated carbocycles. The molecule has 0 saturated heterocycles. The van der Waals surface area contributed by atoms with E-state index in [-0.39, 0.29) is 5.82 Å². The third-order valence-corrected chi connectivity index (χ3v) is 6.93. The minimum Gasteiger partial charge on any atom is -0.497 e. The molecule has 2 aromatic carbocycles. The van der Waals surface area contributed by atoms with Gasteiger partial charge in [-0.2, -0.15) is 0 Å². The largest absolute Gasteiger partial charge is 0.497 e. The fourth-order valence-electron chi connectivity index (χ4n) is 4.81. The van der Waals surface area contributed by atoms with E-state index < -0.39 is 35.2 Å². The lowest BCUT2D eigenvalue weighted by molar-refractivity contribution is 0.0475. The Bertz CT molecular complexity index is 1800. The maximum atomic E-state index is 13.4. The zero-order valence-electron chi connectivity index (χ0n) is 21.7. The van der Waals surface area contributed by atoms with Crippen LogP contribution in [0, 0.1) is 0 Å². The number of carbonyl (C=O) groups is 2. The van der Waals surface area contributed by atoms with Crippen molar-refractivity contribution in [1.29, 1.82) is 0 Å². The van der Waals surface area contributed by atoms with Gasteiger partial charge in [-0.25, -0.2) is 14.6 Å². The van der Waals surface area contributed by atoms with Crippen molar-refractivity contribution in [3.8, 4) is 5.75 Å². The first-order valence-electron chi connectivity index (χ1n) is 12.2. The van der Waals surface area contributed by atoms with Crippen molar-refractivity contribution in [3.05, 3.63) is 97.3 Å². The number of hydrogen-bond donors (Lipinski definition) is 1. The number of anilines is 1. The van der Waals surface area contributed by atoms with Gasteiger partial charge in [0.15, 0.2) is 6.61 Å². The number of carbonyl (C=O) groups excluding carboxylic acids is 2. The molecule has 0 spiro atoms. The van der Waals surface area contributed by atoms with E-state index in [9.17, 15) is 19.2 Å². The molecule has 10 heteroatoms. The summed E-state index contributed by atoms with van der Waals surface area (Å²) in [6, 6.07) is 14.9. The summed E-state index contributed by atoms with van der Waals surface area (Å²) >= 11 is 0. The monoisotopic (exact) mass is 526 g/mol. The predicted octanol–water partition coefficient (Wildman–Crippen LogP) is 2.75. The van der Waals surface area contributed by atoms with Gasteiger partial charge in [-0.3, -0.25) is 18.7 Å². The summed E-state index contributed by atoms with van der Waals surface area (Å²) in [7, 11) is 4.21. The van der Waals surface area contributed by atoms with E-state index in [0.29, 0.717) is 35.0 Å². The summed E-state index contributed by atoms with van der Waals surface area (Å²) in [6.07, 6.45) is 3.28. The van der Waals surface area contributed by atoms with Gasteiger partial charge < -0.3 is 15.2 Å². The number of fused-ring (bicyclic) bond motifs is 2. The highest BCUT2D eigenvalue weighted by atomic mass is 16.5. The molecular formula is C29H26N4O6. The molecule has 39 heavy (non-hydrogen) atoms. The molecule has 2 heterocycles. The maximum Gasteiger partial charge on any atom is 0.339 e. The van der Waals surface area contributed by atoms with Crippen molar-refractivity contribution in [2.45, 2.75) is 12.8 Å². The number of methoxy groups -OCH3 is 1. The van der Waals surface area contributed by atoms with Crippen LogP contribution in [0.4, 0.5) is 5.82 Å². The number of hydrogen-bond acceptors (Lipinski definition) is 8. The van der Waals surface area contributed by atoms with Crippen molar-refractivity contribution >= 4 is 40.1 Å². The first-order valence-corrected chi connectivity index (χ1v) is 12.2. The molecule has 0 bridgehead atoms. The Morgan fingerprint density at radius 1 is 1.00 bits per heavy atom. The van der Waals surface area contributed by atoms with Gasteiger partial charge >= 0.3 is 11.7 Å². The molecule has 0 amide bonds. The third-order valence-electron chi connectivity index (χ3n) is 6.93. The maximum absolute atomic E-state index is 13.4. The number of allylic oxidation sites excluding steroid dienone is 1. The van der Waals surface area contributed by atoms with Gasteiger partial charge in [0.2, 0.25) is 5.78 Å². The highest BCUT2D eigenvalue weighted by molar-refractivity contribution is 6.08. The first kappa shape index (κ1) is 25.7. The normalized spacial score (nSPS) is 13.5. The van der Waals surface area contributed by atoms with Crippen LogP contribution in [0.3, 0.4) is 0 Å². The van der Waals surface area contributed by atoms with E-state index in [0.717, 1.165) is 31.6 Å². The Kier molecular flexibility index (Phi) is 6.61. The molecule has 0 fully saturated rings. The second-order valence-corrected chi connectivity index (χ2v) is 9.24. The predicted molar refractivity (Wildman–Crippen MR) is 147 cm³/mol. The van der Waals surface area contributed by atoms with Crippen molar-refractivity contribution in [1.82, 2.24) is 14.1 Å². The molecule has 1 aliphatic rings. The minimum atomic E-state index is -0.847. The van der Waals surface area contributed by atoms with Gasteiger partial charge in [-0.05, 0) is 53.8 Å². The average molecular weight is 527 g/mol. The molecule has 0 aliphatic heterocycles. The SMILES string of the molecule is COc1ccc(C=C2CCc3c2nc2ccccc2c3C(=O)OCC(=O)c2c(N)n(C)c(=O)n(C)c2=O)cc1. The van der Waals surface area contributed by atoms with Gasteiger partial charge in [0.1, 0.15) is 17.1 Å². The number of esters is 1. The standard InChI is InChI=1S/C29H26N4O6/c1-32-26(30)24(27(35)33(2)29(32)37)22(34)15-39-28(36)23-19-6-4-5-7-21(19)31-25-17(10-13-20(23)25)14-16-8-11-18(38-3)12-9-16/h4-9,11-12,14H,10,13,15,30H2,1-3H3. The van der Waals surface area contributed by atoms with Gasteiger partial charge in [0.25, 0.3) is 5.56 Å². The van der Waals surface area contributed by atoms with Crippen LogP contribution < -0.4 is 21.7 Å². The number of rotatable bonds is 6. The van der Waals surface area contributed by atoms with Crippen LogP contribution in [-0.4, -0.2) is 39.6 Å². The van der Waals surface area contributed by atoms with E-state index in [1.807, 2.05) is 42.5 Å². The summed E-state index contributed by atoms with van der Waals surface area (Å²) in [4.78, 5) is 55.8. The van der Waals surface area contributed by atoms with Gasteiger partial charge in [-0.1, -0.05) is 30.3 Å².